The first-order valence-electron chi connectivity index (χ1n) is 8.38. The maximum Gasteiger partial charge on any atom is 0.0750 e. The molecule has 1 fully saturated rings. The van der Waals surface area contributed by atoms with E-state index in [4.69, 9.17) is 4.74 Å². The molecule has 0 aromatic heterocycles. The van der Waals surface area contributed by atoms with Gasteiger partial charge in [0.15, 0.2) is 0 Å². The van der Waals surface area contributed by atoms with Crippen LogP contribution in [0.5, 0.6) is 0 Å². The molecule has 0 aliphatic carbocycles. The van der Waals surface area contributed by atoms with Crippen molar-refractivity contribution in [2.75, 3.05) is 24.6 Å². The van der Waals surface area contributed by atoms with Crippen LogP contribution in [-0.2, 0) is 11.3 Å². The number of benzene rings is 1. The lowest BCUT2D eigenvalue weighted by molar-refractivity contribution is 0.0440. The molecule has 1 aliphatic rings. The van der Waals surface area contributed by atoms with Gasteiger partial charge >= 0.3 is 0 Å². The molecule has 118 valence electrons. The molecule has 1 aromatic carbocycles. The lowest BCUT2D eigenvalue weighted by Crippen LogP contribution is -2.39. The Kier molecular flexibility index (Phi) is 6.52. The van der Waals surface area contributed by atoms with Crippen LogP contribution >= 0.6 is 0 Å². The van der Waals surface area contributed by atoms with Gasteiger partial charge in [0.05, 0.1) is 6.10 Å². The fourth-order valence-electron chi connectivity index (χ4n) is 2.74. The maximum absolute atomic E-state index is 5.92. The fraction of sp³-hybridized carbons (Fsp3) is 0.667. The minimum absolute atomic E-state index is 0.404. The standard InChI is InChI=1S/C18H30N2O/c1-4-12-21-18-6-5-11-20(14-18)17-9-7-16(8-10-17)13-19-15(2)3/h7-10,15,18-19H,4-6,11-14H2,1-3H3. The minimum atomic E-state index is 0.404. The summed E-state index contributed by atoms with van der Waals surface area (Å²) < 4.78 is 5.92. The van der Waals surface area contributed by atoms with E-state index in [-0.39, 0.29) is 0 Å². The van der Waals surface area contributed by atoms with E-state index < -0.39 is 0 Å². The van der Waals surface area contributed by atoms with Gasteiger partial charge in [-0.1, -0.05) is 32.9 Å². The van der Waals surface area contributed by atoms with Crippen molar-refractivity contribution >= 4 is 5.69 Å². The number of hydrogen-bond donors (Lipinski definition) is 1. The van der Waals surface area contributed by atoms with Gasteiger partial charge in [-0.3, -0.25) is 0 Å². The average Bonchev–Trinajstić information content (AvgIpc) is 2.51. The quantitative estimate of drug-likeness (QED) is 0.830. The zero-order chi connectivity index (χ0) is 15.1. The summed E-state index contributed by atoms with van der Waals surface area (Å²) in [6.07, 6.45) is 3.94. The molecule has 1 unspecified atom stereocenters. The number of rotatable bonds is 7. The lowest BCUT2D eigenvalue weighted by atomic mass is 10.1. The Balaban J connectivity index is 1.88. The van der Waals surface area contributed by atoms with Crippen LogP contribution in [0.1, 0.15) is 45.6 Å². The van der Waals surface area contributed by atoms with Gasteiger partial charge in [0.2, 0.25) is 0 Å². The highest BCUT2D eigenvalue weighted by atomic mass is 16.5. The van der Waals surface area contributed by atoms with Crippen LogP contribution < -0.4 is 10.2 Å². The van der Waals surface area contributed by atoms with Crippen molar-refractivity contribution in [2.24, 2.45) is 0 Å². The highest BCUT2D eigenvalue weighted by molar-refractivity contribution is 5.48. The molecule has 1 N–H and O–H groups in total. The summed E-state index contributed by atoms with van der Waals surface area (Å²) in [5.41, 5.74) is 2.68. The Morgan fingerprint density at radius 1 is 1.29 bits per heavy atom. The van der Waals surface area contributed by atoms with E-state index in [1.807, 2.05) is 0 Å². The molecule has 0 saturated carbocycles. The van der Waals surface area contributed by atoms with Crippen molar-refractivity contribution in [3.8, 4) is 0 Å². The van der Waals surface area contributed by atoms with Gasteiger partial charge in [0.25, 0.3) is 0 Å². The van der Waals surface area contributed by atoms with Crippen LogP contribution in [0.4, 0.5) is 5.69 Å². The van der Waals surface area contributed by atoms with Crippen molar-refractivity contribution in [1.82, 2.24) is 5.32 Å². The summed E-state index contributed by atoms with van der Waals surface area (Å²) in [7, 11) is 0. The van der Waals surface area contributed by atoms with Crippen LogP contribution in [0.2, 0.25) is 0 Å². The fourth-order valence-corrected chi connectivity index (χ4v) is 2.74. The molecule has 3 heteroatoms. The first kappa shape index (κ1) is 16.3. The van der Waals surface area contributed by atoms with E-state index in [0.717, 1.165) is 32.7 Å². The molecule has 1 aromatic rings. The summed E-state index contributed by atoms with van der Waals surface area (Å²) in [6.45, 7) is 10.5. The molecule has 21 heavy (non-hydrogen) atoms. The Morgan fingerprint density at radius 3 is 2.71 bits per heavy atom. The first-order chi connectivity index (χ1) is 10.2. The monoisotopic (exact) mass is 290 g/mol. The normalized spacial score (nSPS) is 19.2. The van der Waals surface area contributed by atoms with Crippen LogP contribution in [0, 0.1) is 0 Å². The Hall–Kier alpha value is -1.06. The van der Waals surface area contributed by atoms with Gasteiger partial charge in [-0.05, 0) is 37.0 Å². The molecule has 0 spiro atoms. The van der Waals surface area contributed by atoms with Gasteiger partial charge < -0.3 is 15.0 Å². The van der Waals surface area contributed by atoms with E-state index in [1.165, 1.54) is 24.1 Å². The highest BCUT2D eigenvalue weighted by Gasteiger charge is 2.20. The zero-order valence-corrected chi connectivity index (χ0v) is 13.8. The third-order valence-corrected chi connectivity index (χ3v) is 3.95. The summed E-state index contributed by atoms with van der Waals surface area (Å²) in [5, 5.41) is 3.46. The van der Waals surface area contributed by atoms with Crippen molar-refractivity contribution < 1.29 is 4.74 Å². The van der Waals surface area contributed by atoms with Crippen molar-refractivity contribution in [2.45, 2.75) is 58.7 Å². The molecule has 2 rings (SSSR count). The number of nitrogens with one attached hydrogen (secondary N) is 1. The largest absolute Gasteiger partial charge is 0.376 e. The minimum Gasteiger partial charge on any atom is -0.376 e. The van der Waals surface area contributed by atoms with Crippen molar-refractivity contribution in [1.29, 1.82) is 0 Å². The zero-order valence-electron chi connectivity index (χ0n) is 13.8. The third kappa shape index (κ3) is 5.33. The van der Waals surface area contributed by atoms with Crippen LogP contribution in [-0.4, -0.2) is 31.8 Å². The van der Waals surface area contributed by atoms with Gasteiger partial charge in [-0.2, -0.15) is 0 Å². The molecule has 0 bridgehead atoms. The van der Waals surface area contributed by atoms with Crippen molar-refractivity contribution in [3.63, 3.8) is 0 Å². The molecule has 3 nitrogen and oxygen atoms in total. The number of ether oxygens (including phenoxy) is 1. The van der Waals surface area contributed by atoms with E-state index in [9.17, 15) is 0 Å². The topological polar surface area (TPSA) is 24.5 Å². The van der Waals surface area contributed by atoms with Crippen LogP contribution in [0.15, 0.2) is 24.3 Å². The Bertz CT molecular complexity index is 402. The number of nitrogens with zero attached hydrogens (tertiary/aromatic N) is 1. The summed E-state index contributed by atoms with van der Waals surface area (Å²) in [5.74, 6) is 0. The molecule has 1 saturated heterocycles. The molecule has 1 heterocycles. The number of hydrogen-bond acceptors (Lipinski definition) is 3. The third-order valence-electron chi connectivity index (χ3n) is 3.95. The molecule has 1 atom stereocenters. The van der Waals surface area contributed by atoms with Crippen LogP contribution in [0.25, 0.3) is 0 Å². The SMILES string of the molecule is CCCOC1CCCN(c2ccc(CNC(C)C)cc2)C1. The van der Waals surface area contributed by atoms with E-state index in [0.29, 0.717) is 12.1 Å². The second-order valence-corrected chi connectivity index (χ2v) is 6.28. The second-order valence-electron chi connectivity index (χ2n) is 6.28. The maximum atomic E-state index is 5.92. The van der Waals surface area contributed by atoms with E-state index in [2.05, 4.69) is 55.3 Å². The van der Waals surface area contributed by atoms with Gasteiger partial charge in [-0.25, -0.2) is 0 Å². The number of anilines is 1. The summed E-state index contributed by atoms with van der Waals surface area (Å²) >= 11 is 0. The summed E-state index contributed by atoms with van der Waals surface area (Å²) in [6, 6.07) is 9.50. The van der Waals surface area contributed by atoms with Gasteiger partial charge in [0, 0.05) is 38.0 Å². The van der Waals surface area contributed by atoms with E-state index in [1.54, 1.807) is 0 Å². The lowest BCUT2D eigenvalue weighted by Gasteiger charge is -2.34. The first-order valence-corrected chi connectivity index (χ1v) is 8.38. The Morgan fingerprint density at radius 2 is 2.05 bits per heavy atom. The smallest absolute Gasteiger partial charge is 0.0750 e. The Labute approximate surface area is 129 Å². The molecular formula is C18H30N2O. The molecule has 1 aliphatic heterocycles. The molecular weight excluding hydrogens is 260 g/mol. The second kappa shape index (κ2) is 8.40. The summed E-state index contributed by atoms with van der Waals surface area (Å²) in [4.78, 5) is 2.46. The molecule has 0 radical (unpaired) electrons. The van der Waals surface area contributed by atoms with Gasteiger partial charge in [0.1, 0.15) is 0 Å². The van der Waals surface area contributed by atoms with Crippen LogP contribution in [0.3, 0.4) is 0 Å². The predicted octanol–water partition coefficient (Wildman–Crippen LogP) is 3.58. The van der Waals surface area contributed by atoms with E-state index >= 15 is 0 Å². The van der Waals surface area contributed by atoms with Gasteiger partial charge in [-0.15, -0.1) is 0 Å². The number of piperidine rings is 1. The van der Waals surface area contributed by atoms with Crippen molar-refractivity contribution in [3.05, 3.63) is 29.8 Å². The molecule has 0 amide bonds. The highest BCUT2D eigenvalue weighted by Crippen LogP contribution is 2.22. The predicted molar refractivity (Wildman–Crippen MR) is 89.9 cm³/mol. The average molecular weight is 290 g/mol.